The van der Waals surface area contributed by atoms with E-state index in [1.54, 1.807) is 0 Å². The Morgan fingerprint density at radius 1 is 0.203 bits per heavy atom. The number of nitrogens with zero attached hydrogens (tertiary/aromatic N) is 3. The standard InChI is InChI=1S/C124H152BN3/c1-112(2,3)79-51-46-75(47-52-79)89-68-85(118(19,20)21)70-93(107-95(121(28,29)30)42-40-43-96(107)122(31,32)33)110(89)127-103-64-77(78-62-83(116(13,14)15)65-84(63-78)117(16,17)18)50-58-99(103)125-100-59-57-88(126-101-60-55-81(114(7,8)9)66-91(101)92-67-82(115(10,11)12)56-61-102(92)126)74-104(100)128(106-73-87(120(25,26)27)72-105(127)109(106)125)111-90(76-48-53-80(54-49-76)113(4,5)6)69-86(119(22,23)24)71-94(111)108-97(123(34,35)36)44-41-45-98(108)124(37,38)39/h40-74H,1-39H3. The molecule has 0 unspecified atom stereocenters. The summed E-state index contributed by atoms with van der Waals surface area (Å²) in [5.41, 5.74) is 41.0. The van der Waals surface area contributed by atoms with Gasteiger partial charge in [0.05, 0.1) is 22.4 Å². The average molecular weight is 1700 g/mol. The van der Waals surface area contributed by atoms with E-state index in [9.17, 15) is 0 Å². The molecule has 0 fully saturated rings. The van der Waals surface area contributed by atoms with Crippen molar-refractivity contribution >= 4 is 79.0 Å². The fourth-order valence-corrected chi connectivity index (χ4v) is 20.0. The monoisotopic (exact) mass is 1690 g/mol. The molecular formula is C124H152BN3. The van der Waals surface area contributed by atoms with Crippen LogP contribution in [0.1, 0.15) is 342 Å². The summed E-state index contributed by atoms with van der Waals surface area (Å²) in [5, 5.41) is 2.54. The van der Waals surface area contributed by atoms with Crippen molar-refractivity contribution in [3.63, 3.8) is 0 Å². The second kappa shape index (κ2) is 30.9. The molecule has 3 heterocycles. The van der Waals surface area contributed by atoms with E-state index in [4.69, 9.17) is 0 Å². The maximum Gasteiger partial charge on any atom is 0.252 e. The summed E-state index contributed by atoms with van der Waals surface area (Å²) in [6.07, 6.45) is 0. The van der Waals surface area contributed by atoms with E-state index in [1.807, 2.05) is 0 Å². The minimum Gasteiger partial charge on any atom is -0.310 e. The third kappa shape index (κ3) is 17.1. The molecule has 666 valence electrons. The van der Waals surface area contributed by atoms with Crippen LogP contribution in [0.3, 0.4) is 0 Å². The Morgan fingerprint density at radius 3 is 0.820 bits per heavy atom. The summed E-state index contributed by atoms with van der Waals surface area (Å²) >= 11 is 0. The number of hydrogen-bond donors (Lipinski definition) is 0. The van der Waals surface area contributed by atoms with Gasteiger partial charge in [-0.05, 0) is 271 Å². The summed E-state index contributed by atoms with van der Waals surface area (Å²) < 4.78 is 2.62. The lowest BCUT2D eigenvalue weighted by molar-refractivity contribution is 0.569. The smallest absolute Gasteiger partial charge is 0.252 e. The number of benzene rings is 12. The van der Waals surface area contributed by atoms with Crippen LogP contribution in [-0.2, 0) is 70.4 Å². The quantitative estimate of drug-likeness (QED) is 0.141. The number of aromatic nitrogens is 1. The molecule has 0 radical (unpaired) electrons. The van der Waals surface area contributed by atoms with Crippen molar-refractivity contribution in [3.8, 4) is 61.3 Å². The van der Waals surface area contributed by atoms with Gasteiger partial charge in [-0.2, -0.15) is 0 Å². The van der Waals surface area contributed by atoms with E-state index in [1.165, 1.54) is 195 Å². The highest BCUT2D eigenvalue weighted by molar-refractivity contribution is 7.00. The first-order chi connectivity index (χ1) is 58.7. The van der Waals surface area contributed by atoms with E-state index in [-0.39, 0.29) is 71.7 Å². The maximum absolute atomic E-state index is 2.87. The summed E-state index contributed by atoms with van der Waals surface area (Å²) in [7, 11) is 0. The molecule has 1 aromatic heterocycles. The van der Waals surface area contributed by atoms with Gasteiger partial charge in [-0.1, -0.05) is 403 Å². The topological polar surface area (TPSA) is 11.4 Å². The van der Waals surface area contributed by atoms with Crippen molar-refractivity contribution in [2.75, 3.05) is 9.80 Å². The summed E-state index contributed by atoms with van der Waals surface area (Å²) in [6, 6.07) is 87.8. The minimum atomic E-state index is -0.397. The SMILES string of the molecule is CC(C)(C)c1ccc(-c2cc(C(C)(C)C)cc(-c3c(C(C)(C)C)cccc3C(C)(C)C)c2N2c3cc(-c4cc(C(C)(C)C)cc(C(C)(C)C)c4)ccc3B3c4ccc(-n5c6ccc(C(C)(C)C)cc6c6cc(C(C)(C)C)ccc65)cc4N(c4c(-c5ccc(C(C)(C)C)cc5)cc(C(C)(C)C)cc4-c4c(C(C)(C)C)cccc4C(C)(C)C)c4cc(C(C)(C)C)cc2c43)cc1. The van der Waals surface area contributed by atoms with Gasteiger partial charge in [-0.25, -0.2) is 0 Å². The van der Waals surface area contributed by atoms with Gasteiger partial charge in [0.15, 0.2) is 0 Å². The Balaban J connectivity index is 1.24. The van der Waals surface area contributed by atoms with E-state index in [2.05, 4.69) is 497 Å². The van der Waals surface area contributed by atoms with Crippen LogP contribution in [0.5, 0.6) is 0 Å². The Hall–Kier alpha value is -9.90. The lowest BCUT2D eigenvalue weighted by atomic mass is 9.33. The third-order valence-electron chi connectivity index (χ3n) is 28.1. The first-order valence-corrected chi connectivity index (χ1v) is 47.9. The predicted octanol–water partition coefficient (Wildman–Crippen LogP) is 34.1. The molecule has 0 atom stereocenters. The van der Waals surface area contributed by atoms with Crippen LogP contribution >= 0.6 is 0 Å². The molecule has 0 amide bonds. The van der Waals surface area contributed by atoms with Crippen LogP contribution in [0.2, 0.25) is 0 Å². The highest BCUT2D eigenvalue weighted by atomic mass is 15.2. The second-order valence-electron chi connectivity index (χ2n) is 51.8. The van der Waals surface area contributed by atoms with E-state index in [0.717, 1.165) is 11.4 Å². The number of hydrogen-bond acceptors (Lipinski definition) is 2. The predicted molar refractivity (Wildman–Crippen MR) is 565 cm³/mol. The van der Waals surface area contributed by atoms with Crippen molar-refractivity contribution in [3.05, 3.63) is 285 Å². The zero-order chi connectivity index (χ0) is 93.9. The van der Waals surface area contributed by atoms with Crippen LogP contribution in [0.4, 0.5) is 34.1 Å². The largest absolute Gasteiger partial charge is 0.310 e. The molecule has 2 aliphatic rings. The second-order valence-corrected chi connectivity index (χ2v) is 51.8. The molecule has 4 heteroatoms. The normalized spacial score (nSPS) is 14.2. The lowest BCUT2D eigenvalue weighted by Gasteiger charge is -2.47. The Morgan fingerprint density at radius 2 is 0.492 bits per heavy atom. The fraction of sp³-hybridized carbons (Fsp3) is 0.419. The Kier molecular flexibility index (Phi) is 22.4. The molecule has 0 saturated carbocycles. The van der Waals surface area contributed by atoms with Gasteiger partial charge < -0.3 is 14.4 Å². The van der Waals surface area contributed by atoms with Crippen LogP contribution in [0.15, 0.2) is 212 Å². The average Bonchev–Trinajstić information content (AvgIpc) is 0.717. The van der Waals surface area contributed by atoms with Crippen molar-refractivity contribution in [2.24, 2.45) is 0 Å². The first-order valence-electron chi connectivity index (χ1n) is 47.9. The van der Waals surface area contributed by atoms with Crippen LogP contribution in [-0.4, -0.2) is 11.3 Å². The number of rotatable bonds is 8. The van der Waals surface area contributed by atoms with E-state index in [0.29, 0.717) is 0 Å². The molecular weight excluding hydrogens is 1540 g/mol. The summed E-state index contributed by atoms with van der Waals surface area (Å²) in [5.74, 6) is 0. The van der Waals surface area contributed by atoms with Gasteiger partial charge in [0.2, 0.25) is 0 Å². The zero-order valence-corrected chi connectivity index (χ0v) is 86.1. The lowest BCUT2D eigenvalue weighted by Crippen LogP contribution is -2.61. The van der Waals surface area contributed by atoms with Crippen molar-refractivity contribution in [1.82, 2.24) is 4.57 Å². The molecule has 0 aliphatic carbocycles. The number of fused-ring (bicyclic) bond motifs is 7. The third-order valence-corrected chi connectivity index (χ3v) is 28.1. The van der Waals surface area contributed by atoms with E-state index < -0.39 is 5.41 Å². The highest BCUT2D eigenvalue weighted by Crippen LogP contribution is 2.59. The molecule has 0 bridgehead atoms. The van der Waals surface area contributed by atoms with Gasteiger partial charge in [-0.3, -0.25) is 0 Å². The fourth-order valence-electron chi connectivity index (χ4n) is 20.0. The zero-order valence-electron chi connectivity index (χ0n) is 86.1. The van der Waals surface area contributed by atoms with Gasteiger partial charge in [0.1, 0.15) is 0 Å². The van der Waals surface area contributed by atoms with E-state index >= 15 is 0 Å². The molecule has 0 spiro atoms. The van der Waals surface area contributed by atoms with Crippen LogP contribution < -0.4 is 26.2 Å². The van der Waals surface area contributed by atoms with Crippen LogP contribution in [0, 0.1) is 0 Å². The first kappa shape index (κ1) is 92.8. The van der Waals surface area contributed by atoms with Crippen molar-refractivity contribution < 1.29 is 0 Å². The Bertz CT molecular complexity index is 6370. The number of anilines is 6. The van der Waals surface area contributed by atoms with Gasteiger partial charge in [-0.15, -0.1) is 0 Å². The molecule has 12 aromatic carbocycles. The van der Waals surface area contributed by atoms with Gasteiger partial charge >= 0.3 is 0 Å². The minimum absolute atomic E-state index is 0.0837. The summed E-state index contributed by atoms with van der Waals surface area (Å²) in [4.78, 5) is 5.75. The van der Waals surface area contributed by atoms with Crippen LogP contribution in [0.25, 0.3) is 83.1 Å². The molecule has 2 aliphatic heterocycles. The molecule has 128 heavy (non-hydrogen) atoms. The molecule has 15 rings (SSSR count). The maximum atomic E-state index is 2.87. The summed E-state index contributed by atoms with van der Waals surface area (Å²) in [6.45, 7) is 93.5. The molecule has 0 N–H and O–H groups in total. The highest BCUT2D eigenvalue weighted by Gasteiger charge is 2.48. The molecule has 13 aromatic rings. The van der Waals surface area contributed by atoms with Gasteiger partial charge in [0.25, 0.3) is 6.71 Å². The molecule has 0 saturated heterocycles. The molecule has 3 nitrogen and oxygen atoms in total. The van der Waals surface area contributed by atoms with Gasteiger partial charge in [0, 0.05) is 61.5 Å². The Labute approximate surface area is 774 Å². The van der Waals surface area contributed by atoms with Crippen molar-refractivity contribution in [1.29, 1.82) is 0 Å². The van der Waals surface area contributed by atoms with Crippen molar-refractivity contribution in [2.45, 2.75) is 340 Å².